The van der Waals surface area contributed by atoms with E-state index in [0.29, 0.717) is 37.5 Å². The Hall–Kier alpha value is -1.15. The molecule has 2 N–H and O–H groups in total. The first-order valence-electron chi connectivity index (χ1n) is 9.58. The van der Waals surface area contributed by atoms with Gasteiger partial charge >= 0.3 is 0 Å². The highest BCUT2D eigenvalue weighted by atomic mass is 35.5. The van der Waals surface area contributed by atoms with E-state index in [9.17, 15) is 13.2 Å². The molecule has 1 fully saturated rings. The maximum Gasteiger partial charge on any atom is 0.243 e. The molecule has 1 saturated carbocycles. The minimum atomic E-state index is -3.48. The molecule has 2 atom stereocenters. The first-order valence-corrected chi connectivity index (χ1v) is 11.0. The van der Waals surface area contributed by atoms with Gasteiger partial charge in [0.2, 0.25) is 15.9 Å². The van der Waals surface area contributed by atoms with Crippen molar-refractivity contribution in [3.05, 3.63) is 23.8 Å². The lowest BCUT2D eigenvalue weighted by Gasteiger charge is -2.25. The summed E-state index contributed by atoms with van der Waals surface area (Å²) in [5.74, 6) is 0.426. The largest absolute Gasteiger partial charge is 0.330 e. The van der Waals surface area contributed by atoms with Crippen molar-refractivity contribution in [2.24, 2.45) is 17.6 Å². The second-order valence-corrected chi connectivity index (χ2v) is 9.09. The van der Waals surface area contributed by atoms with Gasteiger partial charge < -0.3 is 10.6 Å². The third-order valence-corrected chi connectivity index (χ3v) is 7.88. The number of hydrogen-bond donors (Lipinski definition) is 1. The van der Waals surface area contributed by atoms with Crippen LogP contribution in [0.4, 0.5) is 5.69 Å². The van der Waals surface area contributed by atoms with Gasteiger partial charge in [-0.1, -0.05) is 20.3 Å². The molecule has 0 aromatic heterocycles. The minimum Gasteiger partial charge on any atom is -0.330 e. The van der Waals surface area contributed by atoms with Gasteiger partial charge in [-0.25, -0.2) is 8.42 Å². The summed E-state index contributed by atoms with van der Waals surface area (Å²) in [6.07, 6.45) is 3.68. The van der Waals surface area contributed by atoms with E-state index in [2.05, 4.69) is 0 Å². The zero-order valence-electron chi connectivity index (χ0n) is 16.1. The average molecular weight is 416 g/mol. The van der Waals surface area contributed by atoms with Gasteiger partial charge in [0, 0.05) is 31.2 Å². The summed E-state index contributed by atoms with van der Waals surface area (Å²) in [4.78, 5) is 15.2. The predicted molar refractivity (Wildman–Crippen MR) is 110 cm³/mol. The van der Waals surface area contributed by atoms with Gasteiger partial charge in [-0.3, -0.25) is 4.79 Å². The van der Waals surface area contributed by atoms with Crippen LogP contribution in [0.25, 0.3) is 0 Å². The molecule has 1 aromatic carbocycles. The molecule has 8 heteroatoms. The van der Waals surface area contributed by atoms with Crippen LogP contribution >= 0.6 is 12.4 Å². The molecule has 0 spiro atoms. The van der Waals surface area contributed by atoms with E-state index in [1.165, 1.54) is 4.31 Å². The van der Waals surface area contributed by atoms with E-state index in [1.807, 2.05) is 18.7 Å². The molecule has 1 aliphatic carbocycles. The molecule has 152 valence electrons. The Morgan fingerprint density at radius 3 is 2.59 bits per heavy atom. The van der Waals surface area contributed by atoms with Crippen molar-refractivity contribution in [2.45, 2.75) is 44.4 Å². The zero-order valence-corrected chi connectivity index (χ0v) is 17.7. The van der Waals surface area contributed by atoms with Crippen molar-refractivity contribution in [1.82, 2.24) is 4.31 Å². The predicted octanol–water partition coefficient (Wildman–Crippen LogP) is 2.40. The number of sulfonamides is 1. The molecule has 1 heterocycles. The summed E-state index contributed by atoms with van der Waals surface area (Å²) in [6.45, 7) is 5.74. The molecule has 0 radical (unpaired) electrons. The number of anilines is 1. The number of fused-ring (bicyclic) bond motifs is 1. The number of nitrogens with two attached hydrogens (primary N) is 1. The number of benzene rings is 1. The molecule has 0 unspecified atom stereocenters. The molecule has 27 heavy (non-hydrogen) atoms. The Kier molecular flexibility index (Phi) is 7.30. The van der Waals surface area contributed by atoms with E-state index in [0.717, 1.165) is 30.5 Å². The molecule has 1 amide bonds. The van der Waals surface area contributed by atoms with Crippen molar-refractivity contribution in [1.29, 1.82) is 0 Å². The van der Waals surface area contributed by atoms with Gasteiger partial charge in [0.25, 0.3) is 0 Å². The van der Waals surface area contributed by atoms with E-state index in [-0.39, 0.29) is 30.2 Å². The first-order chi connectivity index (χ1) is 12.4. The monoisotopic (exact) mass is 415 g/mol. The highest BCUT2D eigenvalue weighted by Gasteiger charge is 2.37. The van der Waals surface area contributed by atoms with E-state index >= 15 is 0 Å². The van der Waals surface area contributed by atoms with Gasteiger partial charge in [-0.05, 0) is 55.5 Å². The molecule has 3 rings (SSSR count). The number of halogens is 1. The van der Waals surface area contributed by atoms with Gasteiger partial charge in [0.15, 0.2) is 0 Å². The SMILES string of the molecule is CCN(CC)S(=O)(=O)c1ccc2c(c1)CCN2C(=O)[C@@H]1CCC[C@@H]1CN.Cl. The van der Waals surface area contributed by atoms with Crippen LogP contribution in [0.2, 0.25) is 0 Å². The third-order valence-electron chi connectivity index (χ3n) is 5.83. The quantitative estimate of drug-likeness (QED) is 0.773. The van der Waals surface area contributed by atoms with Crippen molar-refractivity contribution in [3.8, 4) is 0 Å². The molecule has 6 nitrogen and oxygen atoms in total. The summed E-state index contributed by atoms with van der Waals surface area (Å²) >= 11 is 0. The van der Waals surface area contributed by atoms with E-state index in [4.69, 9.17) is 5.73 Å². The van der Waals surface area contributed by atoms with E-state index in [1.54, 1.807) is 18.2 Å². The summed E-state index contributed by atoms with van der Waals surface area (Å²) < 4.78 is 26.9. The number of carbonyl (C=O) groups excluding carboxylic acids is 1. The summed E-state index contributed by atoms with van der Waals surface area (Å²) in [5, 5.41) is 0. The molecule has 2 aliphatic rings. The number of nitrogens with zero attached hydrogens (tertiary/aromatic N) is 2. The Morgan fingerprint density at radius 2 is 1.96 bits per heavy atom. The fourth-order valence-corrected chi connectivity index (χ4v) is 5.83. The second kappa shape index (κ2) is 8.90. The van der Waals surface area contributed by atoms with Crippen LogP contribution in [-0.4, -0.2) is 44.8 Å². The maximum atomic E-state index is 13.0. The van der Waals surface area contributed by atoms with Gasteiger partial charge in [-0.2, -0.15) is 4.31 Å². The van der Waals surface area contributed by atoms with Gasteiger partial charge in [-0.15, -0.1) is 12.4 Å². The van der Waals surface area contributed by atoms with Gasteiger partial charge in [0.1, 0.15) is 0 Å². The summed E-state index contributed by atoms with van der Waals surface area (Å²) in [7, 11) is -3.48. The van der Waals surface area contributed by atoms with E-state index < -0.39 is 10.0 Å². The second-order valence-electron chi connectivity index (χ2n) is 7.15. The molecular formula is C19H30ClN3O3S. The van der Waals surface area contributed by atoms with Gasteiger partial charge in [0.05, 0.1) is 4.90 Å². The Morgan fingerprint density at radius 1 is 1.26 bits per heavy atom. The fraction of sp³-hybridized carbons (Fsp3) is 0.632. The average Bonchev–Trinajstić information content (AvgIpc) is 3.28. The van der Waals surface area contributed by atoms with Crippen LogP contribution in [-0.2, 0) is 21.2 Å². The molecule has 1 aromatic rings. The minimum absolute atomic E-state index is 0. The molecule has 0 saturated heterocycles. The topological polar surface area (TPSA) is 83.7 Å². The molecule has 0 bridgehead atoms. The van der Waals surface area contributed by atoms with Crippen LogP contribution in [0.3, 0.4) is 0 Å². The number of carbonyl (C=O) groups is 1. The van der Waals surface area contributed by atoms with Crippen LogP contribution < -0.4 is 10.6 Å². The first kappa shape index (κ1) is 22.1. The lowest BCUT2D eigenvalue weighted by Crippen LogP contribution is -2.38. The lowest BCUT2D eigenvalue weighted by atomic mass is 9.94. The number of hydrogen-bond acceptors (Lipinski definition) is 4. The third kappa shape index (κ3) is 4.01. The Balaban J connectivity index is 0.00000261. The molecule has 1 aliphatic heterocycles. The van der Waals surface area contributed by atoms with Crippen molar-refractivity contribution in [2.75, 3.05) is 31.1 Å². The van der Waals surface area contributed by atoms with Crippen molar-refractivity contribution < 1.29 is 13.2 Å². The highest BCUT2D eigenvalue weighted by molar-refractivity contribution is 7.89. The number of rotatable bonds is 6. The number of amides is 1. The lowest BCUT2D eigenvalue weighted by molar-refractivity contribution is -0.123. The molecular weight excluding hydrogens is 386 g/mol. The van der Waals surface area contributed by atoms with Crippen molar-refractivity contribution in [3.63, 3.8) is 0 Å². The standard InChI is InChI=1S/C19H29N3O3S.ClH/c1-3-21(4-2)26(24,25)16-8-9-18-14(12-16)10-11-22(18)19(23)17-7-5-6-15(17)13-20;/h8-9,12,15,17H,3-7,10-11,13,20H2,1-2H3;1H/t15-,17-;/m1./s1. The van der Waals surface area contributed by atoms with Crippen LogP contribution in [0.5, 0.6) is 0 Å². The summed E-state index contributed by atoms with van der Waals surface area (Å²) in [5.41, 5.74) is 7.63. The van der Waals surface area contributed by atoms with Crippen molar-refractivity contribution >= 4 is 34.0 Å². The van der Waals surface area contributed by atoms with Crippen LogP contribution in [0.15, 0.2) is 23.1 Å². The van der Waals surface area contributed by atoms with Crippen LogP contribution in [0, 0.1) is 11.8 Å². The highest BCUT2D eigenvalue weighted by Crippen LogP contribution is 2.37. The summed E-state index contributed by atoms with van der Waals surface area (Å²) in [6, 6.07) is 5.17. The Labute approximate surface area is 168 Å². The fourth-order valence-electron chi connectivity index (χ4n) is 4.32. The smallest absolute Gasteiger partial charge is 0.243 e. The maximum absolute atomic E-state index is 13.0. The zero-order chi connectivity index (χ0) is 18.9. The Bertz CT molecular complexity index is 780. The normalized spacial score (nSPS) is 22.0. The van der Waals surface area contributed by atoms with Crippen LogP contribution in [0.1, 0.15) is 38.7 Å².